The number of esters is 1. The standard InChI is InChI=1S/C19H17NO4/c1-2-24-19(23)16-17(21)14(12-13-8-4-3-5-9-13)15-10-6-7-11-20(15)18(16)22/h3-11,22H,2,12H2,1H3. The lowest BCUT2D eigenvalue weighted by Gasteiger charge is -2.13. The van der Waals surface area contributed by atoms with E-state index in [1.165, 1.54) is 4.40 Å². The molecule has 0 spiro atoms. The molecule has 0 atom stereocenters. The lowest BCUT2D eigenvalue weighted by Crippen LogP contribution is -2.23. The van der Waals surface area contributed by atoms with Crippen LogP contribution in [0.3, 0.4) is 0 Å². The number of carbonyl (C=O) groups is 1. The third kappa shape index (κ3) is 2.76. The number of benzene rings is 1. The van der Waals surface area contributed by atoms with Crippen molar-refractivity contribution >= 4 is 11.5 Å². The third-order valence-electron chi connectivity index (χ3n) is 3.83. The second-order valence-corrected chi connectivity index (χ2v) is 5.35. The van der Waals surface area contributed by atoms with Crippen LogP contribution in [0.4, 0.5) is 0 Å². The summed E-state index contributed by atoms with van der Waals surface area (Å²) < 4.78 is 6.37. The minimum Gasteiger partial charge on any atom is -0.493 e. The van der Waals surface area contributed by atoms with Crippen molar-refractivity contribution < 1.29 is 14.6 Å². The quantitative estimate of drug-likeness (QED) is 0.750. The van der Waals surface area contributed by atoms with Crippen molar-refractivity contribution in [2.45, 2.75) is 13.3 Å². The number of rotatable bonds is 4. The Morgan fingerprint density at radius 2 is 1.83 bits per heavy atom. The Morgan fingerprint density at radius 3 is 2.54 bits per heavy atom. The first-order valence-corrected chi connectivity index (χ1v) is 7.69. The zero-order chi connectivity index (χ0) is 17.1. The van der Waals surface area contributed by atoms with Crippen LogP contribution >= 0.6 is 0 Å². The molecule has 3 aromatic rings. The molecular weight excluding hydrogens is 306 g/mol. The summed E-state index contributed by atoms with van der Waals surface area (Å²) >= 11 is 0. The molecule has 122 valence electrons. The number of fused-ring (bicyclic) bond motifs is 1. The van der Waals surface area contributed by atoms with E-state index in [4.69, 9.17) is 4.74 Å². The van der Waals surface area contributed by atoms with Crippen molar-refractivity contribution in [3.05, 3.63) is 81.6 Å². The number of carbonyl (C=O) groups excluding carboxylic acids is 1. The molecule has 0 aliphatic rings. The van der Waals surface area contributed by atoms with Gasteiger partial charge < -0.3 is 9.84 Å². The topological polar surface area (TPSA) is 68.0 Å². The van der Waals surface area contributed by atoms with Crippen LogP contribution in [-0.4, -0.2) is 22.1 Å². The second-order valence-electron chi connectivity index (χ2n) is 5.35. The number of aromatic hydroxyl groups is 1. The first kappa shape index (κ1) is 15.8. The second kappa shape index (κ2) is 6.58. The van der Waals surface area contributed by atoms with Gasteiger partial charge >= 0.3 is 5.97 Å². The van der Waals surface area contributed by atoms with Crippen LogP contribution in [0.25, 0.3) is 5.52 Å². The van der Waals surface area contributed by atoms with E-state index >= 15 is 0 Å². The summed E-state index contributed by atoms with van der Waals surface area (Å²) in [6.07, 6.45) is 1.97. The Balaban J connectivity index is 2.27. The molecule has 1 aromatic carbocycles. The van der Waals surface area contributed by atoms with Crippen molar-refractivity contribution in [1.29, 1.82) is 0 Å². The molecule has 24 heavy (non-hydrogen) atoms. The molecule has 0 unspecified atom stereocenters. The lowest BCUT2D eigenvalue weighted by molar-refractivity contribution is 0.0520. The summed E-state index contributed by atoms with van der Waals surface area (Å²) in [5, 5.41) is 10.4. The van der Waals surface area contributed by atoms with E-state index in [0.29, 0.717) is 17.5 Å². The van der Waals surface area contributed by atoms with Crippen molar-refractivity contribution in [2.75, 3.05) is 6.61 Å². The number of hydrogen-bond acceptors (Lipinski definition) is 4. The van der Waals surface area contributed by atoms with Crippen LogP contribution in [0, 0.1) is 0 Å². The molecule has 0 aliphatic carbocycles. The summed E-state index contributed by atoms with van der Waals surface area (Å²) in [4.78, 5) is 25.0. The summed E-state index contributed by atoms with van der Waals surface area (Å²) in [5.41, 5.74) is 1.13. The molecule has 3 rings (SSSR count). The molecule has 5 heteroatoms. The van der Waals surface area contributed by atoms with Gasteiger partial charge in [0.25, 0.3) is 0 Å². The average Bonchev–Trinajstić information content (AvgIpc) is 2.60. The van der Waals surface area contributed by atoms with Gasteiger partial charge in [-0.1, -0.05) is 36.4 Å². The van der Waals surface area contributed by atoms with Crippen LogP contribution in [0.1, 0.15) is 28.4 Å². The maximum absolute atomic E-state index is 12.9. The Labute approximate surface area is 138 Å². The first-order chi connectivity index (χ1) is 11.6. The monoisotopic (exact) mass is 323 g/mol. The zero-order valence-corrected chi connectivity index (χ0v) is 13.2. The Kier molecular flexibility index (Phi) is 4.33. The van der Waals surface area contributed by atoms with Gasteiger partial charge in [0.2, 0.25) is 11.3 Å². The molecular formula is C19H17NO4. The van der Waals surface area contributed by atoms with E-state index in [9.17, 15) is 14.7 Å². The highest BCUT2D eigenvalue weighted by atomic mass is 16.5. The number of pyridine rings is 2. The molecule has 2 aromatic heterocycles. The van der Waals surface area contributed by atoms with Gasteiger partial charge in [-0.3, -0.25) is 9.20 Å². The van der Waals surface area contributed by atoms with Crippen LogP contribution in [0.5, 0.6) is 5.88 Å². The van der Waals surface area contributed by atoms with Gasteiger partial charge in [0, 0.05) is 18.2 Å². The summed E-state index contributed by atoms with van der Waals surface area (Å²) in [5.74, 6) is -1.21. The fourth-order valence-corrected chi connectivity index (χ4v) is 2.72. The van der Waals surface area contributed by atoms with Crippen molar-refractivity contribution in [3.8, 4) is 5.88 Å². The number of aromatic nitrogens is 1. The predicted molar refractivity (Wildman–Crippen MR) is 90.5 cm³/mol. The molecule has 2 heterocycles. The zero-order valence-electron chi connectivity index (χ0n) is 13.2. The van der Waals surface area contributed by atoms with Crippen molar-refractivity contribution in [1.82, 2.24) is 4.40 Å². The normalized spacial score (nSPS) is 10.7. The minimum atomic E-state index is -0.812. The highest BCUT2D eigenvalue weighted by Crippen LogP contribution is 2.22. The van der Waals surface area contributed by atoms with Gasteiger partial charge in [0.15, 0.2) is 5.56 Å². The van der Waals surface area contributed by atoms with Crippen LogP contribution in [-0.2, 0) is 11.2 Å². The van der Waals surface area contributed by atoms with Gasteiger partial charge in [0.1, 0.15) is 0 Å². The van der Waals surface area contributed by atoms with Gasteiger partial charge in [-0.15, -0.1) is 0 Å². The maximum Gasteiger partial charge on any atom is 0.347 e. The predicted octanol–water partition coefficient (Wildman–Crippen LogP) is 2.77. The number of hydrogen-bond donors (Lipinski definition) is 1. The maximum atomic E-state index is 12.9. The van der Waals surface area contributed by atoms with E-state index in [-0.39, 0.29) is 12.2 Å². The highest BCUT2D eigenvalue weighted by Gasteiger charge is 2.23. The molecule has 0 radical (unpaired) electrons. The highest BCUT2D eigenvalue weighted by molar-refractivity contribution is 5.93. The van der Waals surface area contributed by atoms with Crippen molar-refractivity contribution in [3.63, 3.8) is 0 Å². The van der Waals surface area contributed by atoms with E-state index in [1.54, 1.807) is 31.3 Å². The fourth-order valence-electron chi connectivity index (χ4n) is 2.72. The fraction of sp³-hybridized carbons (Fsp3) is 0.158. The molecule has 1 N–H and O–H groups in total. The smallest absolute Gasteiger partial charge is 0.347 e. The summed E-state index contributed by atoms with van der Waals surface area (Å²) in [6, 6.07) is 14.8. The van der Waals surface area contributed by atoms with Crippen molar-refractivity contribution in [2.24, 2.45) is 0 Å². The number of nitrogens with zero attached hydrogens (tertiary/aromatic N) is 1. The Morgan fingerprint density at radius 1 is 1.12 bits per heavy atom. The largest absolute Gasteiger partial charge is 0.493 e. The van der Waals surface area contributed by atoms with E-state index in [2.05, 4.69) is 0 Å². The molecule has 0 saturated carbocycles. The number of ether oxygens (including phenoxy) is 1. The van der Waals surface area contributed by atoms with Gasteiger partial charge in [-0.05, 0) is 24.6 Å². The molecule has 0 aliphatic heterocycles. The van der Waals surface area contributed by atoms with E-state index in [1.807, 2.05) is 30.3 Å². The first-order valence-electron chi connectivity index (χ1n) is 7.69. The lowest BCUT2D eigenvalue weighted by atomic mass is 10.0. The SMILES string of the molecule is CCOC(=O)c1c(O)n2ccccc2c(Cc2ccccc2)c1=O. The summed E-state index contributed by atoms with van der Waals surface area (Å²) in [7, 11) is 0. The Hall–Kier alpha value is -3.08. The molecule has 5 nitrogen and oxygen atoms in total. The Bertz CT molecular complexity index is 945. The molecule has 0 saturated heterocycles. The van der Waals surface area contributed by atoms with E-state index in [0.717, 1.165) is 5.56 Å². The van der Waals surface area contributed by atoms with Crippen LogP contribution in [0.15, 0.2) is 59.5 Å². The third-order valence-corrected chi connectivity index (χ3v) is 3.83. The van der Waals surface area contributed by atoms with E-state index < -0.39 is 17.3 Å². The van der Waals surface area contributed by atoms with Crippen LogP contribution in [0.2, 0.25) is 0 Å². The minimum absolute atomic E-state index is 0.128. The molecule has 0 bridgehead atoms. The average molecular weight is 323 g/mol. The van der Waals surface area contributed by atoms with Gasteiger partial charge in [-0.25, -0.2) is 4.79 Å². The van der Waals surface area contributed by atoms with Gasteiger partial charge in [-0.2, -0.15) is 0 Å². The molecule has 0 amide bonds. The molecule has 0 fully saturated rings. The van der Waals surface area contributed by atoms with Crippen LogP contribution < -0.4 is 5.43 Å². The van der Waals surface area contributed by atoms with Gasteiger partial charge in [0.05, 0.1) is 12.1 Å². The summed E-state index contributed by atoms with van der Waals surface area (Å²) in [6.45, 7) is 1.78.